The molecule has 2 unspecified atom stereocenters. The van der Waals surface area contributed by atoms with E-state index in [0.717, 1.165) is 30.7 Å². The van der Waals surface area contributed by atoms with Gasteiger partial charge in [-0.3, -0.25) is 0 Å². The van der Waals surface area contributed by atoms with Crippen molar-refractivity contribution >= 4 is 5.95 Å². The molecule has 0 aliphatic heterocycles. The first-order chi connectivity index (χ1) is 11.4. The molecule has 0 bridgehead atoms. The minimum Gasteiger partial charge on any atom is -0.351 e. The summed E-state index contributed by atoms with van der Waals surface area (Å²) in [4.78, 5) is 16.3. The van der Waals surface area contributed by atoms with E-state index >= 15 is 0 Å². The van der Waals surface area contributed by atoms with Gasteiger partial charge in [-0.15, -0.1) is 0 Å². The molecule has 0 saturated heterocycles. The van der Waals surface area contributed by atoms with Gasteiger partial charge in [0.25, 0.3) is 0 Å². The van der Waals surface area contributed by atoms with Crippen molar-refractivity contribution in [1.82, 2.24) is 19.9 Å². The number of pyridine rings is 1. The Morgan fingerprint density at radius 1 is 1.00 bits per heavy atom. The van der Waals surface area contributed by atoms with Crippen LogP contribution in [0.1, 0.15) is 30.8 Å². The van der Waals surface area contributed by atoms with Crippen molar-refractivity contribution in [3.8, 4) is 11.5 Å². The maximum Gasteiger partial charge on any atom is 0.433 e. The lowest BCUT2D eigenvalue weighted by Crippen LogP contribution is -2.19. The molecule has 4 rings (SSSR count). The van der Waals surface area contributed by atoms with Gasteiger partial charge in [-0.05, 0) is 50.2 Å². The number of nitrogens with zero attached hydrogens (tertiary/aromatic N) is 4. The van der Waals surface area contributed by atoms with Crippen LogP contribution in [-0.2, 0) is 6.18 Å². The Morgan fingerprint density at radius 2 is 1.75 bits per heavy atom. The van der Waals surface area contributed by atoms with E-state index in [-0.39, 0.29) is 11.5 Å². The summed E-state index contributed by atoms with van der Waals surface area (Å²) in [5.41, 5.74) is -0.865. The van der Waals surface area contributed by atoms with Gasteiger partial charge in [-0.25, -0.2) is 9.97 Å². The summed E-state index contributed by atoms with van der Waals surface area (Å²) < 4.78 is 38.5. The Hall–Kier alpha value is -2.25. The van der Waals surface area contributed by atoms with Gasteiger partial charge >= 0.3 is 6.18 Å². The summed E-state index contributed by atoms with van der Waals surface area (Å²) in [6.07, 6.45) is -0.975. The van der Waals surface area contributed by atoms with Crippen LogP contribution >= 0.6 is 0 Å². The maximum atomic E-state index is 12.8. The number of alkyl halides is 3. The van der Waals surface area contributed by atoms with E-state index in [2.05, 4.69) is 25.3 Å². The monoisotopic (exact) mass is 335 g/mol. The average Bonchev–Trinajstić information content (AvgIpc) is 3.13. The van der Waals surface area contributed by atoms with Crippen LogP contribution in [0.3, 0.4) is 0 Å². The van der Waals surface area contributed by atoms with Crippen LogP contribution in [-0.4, -0.2) is 26.0 Å². The molecule has 2 heterocycles. The number of aromatic nitrogens is 4. The molecule has 0 aromatic carbocycles. The van der Waals surface area contributed by atoms with Gasteiger partial charge in [0, 0.05) is 6.04 Å². The number of nitrogens with one attached hydrogen (secondary N) is 1. The molecule has 0 radical (unpaired) electrons. The molecule has 8 heteroatoms. The van der Waals surface area contributed by atoms with Crippen molar-refractivity contribution in [2.24, 2.45) is 11.8 Å². The Labute approximate surface area is 136 Å². The SMILES string of the molecule is Cc1nc(NC2CC3CC3C2)nc(-c2cccc(C(F)(F)F)n2)n1. The number of hydrogen-bond donors (Lipinski definition) is 1. The van der Waals surface area contributed by atoms with E-state index in [4.69, 9.17) is 0 Å². The van der Waals surface area contributed by atoms with E-state index in [0.29, 0.717) is 17.8 Å². The minimum absolute atomic E-state index is 0.0904. The standard InChI is InChI=1S/C16H16F3N5/c1-8-20-14(12-3-2-4-13(23-12)16(17,18)19)24-15(21-8)22-11-6-9-5-10(9)7-11/h2-4,9-11H,5-7H2,1H3,(H,20,21,22,24). The quantitative estimate of drug-likeness (QED) is 0.930. The minimum atomic E-state index is -4.50. The van der Waals surface area contributed by atoms with Crippen LogP contribution in [0.15, 0.2) is 18.2 Å². The largest absolute Gasteiger partial charge is 0.433 e. The first-order valence-electron chi connectivity index (χ1n) is 7.92. The predicted octanol–water partition coefficient (Wildman–Crippen LogP) is 3.47. The molecule has 2 aromatic heterocycles. The molecule has 0 spiro atoms. The third-order valence-corrected chi connectivity index (χ3v) is 4.59. The fraction of sp³-hybridized carbons (Fsp3) is 0.500. The van der Waals surface area contributed by atoms with E-state index in [9.17, 15) is 13.2 Å². The summed E-state index contributed by atoms with van der Waals surface area (Å²) >= 11 is 0. The topological polar surface area (TPSA) is 63.6 Å². The zero-order valence-electron chi connectivity index (χ0n) is 13.0. The van der Waals surface area contributed by atoms with Gasteiger partial charge in [-0.2, -0.15) is 23.1 Å². The molecular weight excluding hydrogens is 319 g/mol. The Bertz CT molecular complexity index is 767. The second-order valence-corrected chi connectivity index (χ2v) is 6.50. The molecule has 2 aliphatic carbocycles. The lowest BCUT2D eigenvalue weighted by Gasteiger charge is -2.15. The van der Waals surface area contributed by atoms with Crippen molar-refractivity contribution in [2.45, 2.75) is 38.4 Å². The fourth-order valence-electron chi connectivity index (χ4n) is 3.39. The second-order valence-electron chi connectivity index (χ2n) is 6.50. The van der Waals surface area contributed by atoms with Crippen molar-refractivity contribution in [1.29, 1.82) is 0 Å². The zero-order chi connectivity index (χ0) is 16.9. The highest BCUT2D eigenvalue weighted by Crippen LogP contribution is 2.52. The molecule has 2 atom stereocenters. The first kappa shape index (κ1) is 15.3. The molecule has 2 aliphatic rings. The van der Waals surface area contributed by atoms with Crippen molar-refractivity contribution in [3.05, 3.63) is 29.7 Å². The summed E-state index contributed by atoms with van der Waals surface area (Å²) in [6.45, 7) is 1.69. The average molecular weight is 335 g/mol. The van der Waals surface area contributed by atoms with E-state index in [1.165, 1.54) is 18.6 Å². The first-order valence-corrected chi connectivity index (χ1v) is 7.92. The molecule has 126 valence electrons. The van der Waals surface area contributed by atoms with Crippen LogP contribution in [0.25, 0.3) is 11.5 Å². The fourth-order valence-corrected chi connectivity index (χ4v) is 3.39. The van der Waals surface area contributed by atoms with Crippen molar-refractivity contribution in [3.63, 3.8) is 0 Å². The van der Waals surface area contributed by atoms with Crippen molar-refractivity contribution in [2.75, 3.05) is 5.32 Å². The Balaban J connectivity index is 1.61. The van der Waals surface area contributed by atoms with Gasteiger partial charge in [0.2, 0.25) is 5.95 Å². The molecule has 2 aromatic rings. The highest BCUT2D eigenvalue weighted by atomic mass is 19.4. The molecule has 5 nitrogen and oxygen atoms in total. The van der Waals surface area contributed by atoms with Gasteiger partial charge in [0.05, 0.1) is 0 Å². The van der Waals surface area contributed by atoms with Gasteiger partial charge in [0.1, 0.15) is 17.2 Å². The smallest absolute Gasteiger partial charge is 0.351 e. The Kier molecular flexibility index (Phi) is 3.43. The molecule has 0 amide bonds. The van der Waals surface area contributed by atoms with E-state index in [1.807, 2.05) is 0 Å². The lowest BCUT2D eigenvalue weighted by molar-refractivity contribution is -0.141. The van der Waals surface area contributed by atoms with Crippen molar-refractivity contribution < 1.29 is 13.2 Å². The zero-order valence-corrected chi connectivity index (χ0v) is 13.0. The van der Waals surface area contributed by atoms with Gasteiger partial charge in [0.15, 0.2) is 5.82 Å². The summed E-state index contributed by atoms with van der Waals surface area (Å²) in [7, 11) is 0. The number of hydrogen-bond acceptors (Lipinski definition) is 5. The summed E-state index contributed by atoms with van der Waals surface area (Å²) in [6, 6.07) is 4.04. The predicted molar refractivity (Wildman–Crippen MR) is 81.0 cm³/mol. The highest BCUT2D eigenvalue weighted by Gasteiger charge is 2.46. The normalized spacial score (nSPS) is 25.4. The van der Waals surface area contributed by atoms with Crippen LogP contribution < -0.4 is 5.32 Å². The summed E-state index contributed by atoms with van der Waals surface area (Å²) in [5.74, 6) is 2.64. The van der Waals surface area contributed by atoms with E-state index < -0.39 is 11.9 Å². The number of rotatable bonds is 3. The van der Waals surface area contributed by atoms with Crippen LogP contribution in [0.2, 0.25) is 0 Å². The summed E-state index contributed by atoms with van der Waals surface area (Å²) in [5, 5.41) is 3.29. The van der Waals surface area contributed by atoms with Gasteiger partial charge < -0.3 is 5.32 Å². The van der Waals surface area contributed by atoms with Crippen LogP contribution in [0, 0.1) is 18.8 Å². The number of fused-ring (bicyclic) bond motifs is 1. The molecule has 24 heavy (non-hydrogen) atoms. The van der Waals surface area contributed by atoms with E-state index in [1.54, 1.807) is 6.92 Å². The third kappa shape index (κ3) is 3.05. The Morgan fingerprint density at radius 3 is 2.46 bits per heavy atom. The molecular formula is C16H16F3N5. The third-order valence-electron chi connectivity index (χ3n) is 4.59. The maximum absolute atomic E-state index is 12.8. The lowest BCUT2D eigenvalue weighted by atomic mass is 10.2. The molecule has 2 fully saturated rings. The number of aryl methyl sites for hydroxylation is 1. The second kappa shape index (κ2) is 5.39. The molecule has 1 N–H and O–H groups in total. The highest BCUT2D eigenvalue weighted by molar-refractivity contribution is 5.51. The molecule has 2 saturated carbocycles. The number of halogens is 3. The van der Waals surface area contributed by atoms with Gasteiger partial charge in [-0.1, -0.05) is 6.07 Å². The number of anilines is 1. The van der Waals surface area contributed by atoms with Crippen LogP contribution in [0.4, 0.5) is 19.1 Å². The van der Waals surface area contributed by atoms with Crippen LogP contribution in [0.5, 0.6) is 0 Å².